The van der Waals surface area contributed by atoms with E-state index >= 15 is 0 Å². The normalized spacial score (nSPS) is 18.7. The summed E-state index contributed by atoms with van der Waals surface area (Å²) in [5, 5.41) is 10.8. The maximum Gasteiger partial charge on any atom is 0.271 e. The quantitative estimate of drug-likeness (QED) is 0.641. The van der Waals surface area contributed by atoms with E-state index in [-0.39, 0.29) is 24.6 Å². The van der Waals surface area contributed by atoms with Gasteiger partial charge in [-0.1, -0.05) is 6.07 Å². The molecule has 1 atom stereocenters. The van der Waals surface area contributed by atoms with E-state index in [1.807, 2.05) is 0 Å². The maximum atomic E-state index is 11.9. The summed E-state index contributed by atoms with van der Waals surface area (Å²) in [6.45, 7) is 1.93. The number of nitrogens with two attached hydrogens (primary N) is 1. The van der Waals surface area contributed by atoms with Crippen molar-refractivity contribution in [3.63, 3.8) is 0 Å². The number of carbonyl (C=O) groups is 2. The Kier molecular flexibility index (Phi) is 3.20. The molecule has 0 bridgehead atoms. The first-order valence-corrected chi connectivity index (χ1v) is 5.75. The van der Waals surface area contributed by atoms with Crippen LogP contribution in [0.2, 0.25) is 0 Å². The molecule has 100 valence electrons. The van der Waals surface area contributed by atoms with Crippen LogP contribution in [0.3, 0.4) is 0 Å². The lowest BCUT2D eigenvalue weighted by atomic mass is 10.1. The van der Waals surface area contributed by atoms with Gasteiger partial charge < -0.3 is 10.6 Å². The number of amides is 2. The summed E-state index contributed by atoms with van der Waals surface area (Å²) >= 11 is 0. The van der Waals surface area contributed by atoms with Crippen LogP contribution < -0.4 is 10.6 Å². The third kappa shape index (κ3) is 2.40. The standard InChI is InChI=1S/C12H13N3O4/c1-7-2-3-9(15(18)19)5-10(7)14-6-8(12(13)17)4-11(14)16/h2-3,5,8H,4,6H2,1H3,(H2,13,17)/t8-/m1/s1. The van der Waals surface area contributed by atoms with Crippen molar-refractivity contribution in [1.29, 1.82) is 0 Å². The minimum Gasteiger partial charge on any atom is -0.369 e. The van der Waals surface area contributed by atoms with E-state index in [0.29, 0.717) is 5.69 Å². The number of benzene rings is 1. The molecular formula is C12H13N3O4. The van der Waals surface area contributed by atoms with Crippen LogP contribution in [0.25, 0.3) is 0 Å². The Morgan fingerprint density at radius 3 is 2.74 bits per heavy atom. The number of nitro groups is 1. The zero-order valence-electron chi connectivity index (χ0n) is 10.3. The van der Waals surface area contributed by atoms with E-state index in [1.165, 1.54) is 17.0 Å². The summed E-state index contributed by atoms with van der Waals surface area (Å²) in [7, 11) is 0. The Labute approximate surface area is 109 Å². The highest BCUT2D eigenvalue weighted by Gasteiger charge is 2.35. The largest absolute Gasteiger partial charge is 0.369 e. The number of hydrogen-bond acceptors (Lipinski definition) is 4. The molecule has 1 aliphatic rings. The van der Waals surface area contributed by atoms with Crippen molar-refractivity contribution in [2.45, 2.75) is 13.3 Å². The molecular weight excluding hydrogens is 250 g/mol. The average Bonchev–Trinajstić information content (AvgIpc) is 2.72. The van der Waals surface area contributed by atoms with Crippen molar-refractivity contribution in [1.82, 2.24) is 0 Å². The number of anilines is 1. The first-order chi connectivity index (χ1) is 8.90. The van der Waals surface area contributed by atoms with Gasteiger partial charge in [0.25, 0.3) is 5.69 Å². The third-order valence-corrected chi connectivity index (χ3v) is 3.22. The Morgan fingerprint density at radius 2 is 2.21 bits per heavy atom. The fraction of sp³-hybridized carbons (Fsp3) is 0.333. The van der Waals surface area contributed by atoms with Crippen LogP contribution in [-0.2, 0) is 9.59 Å². The smallest absolute Gasteiger partial charge is 0.271 e. The molecule has 0 unspecified atom stereocenters. The van der Waals surface area contributed by atoms with Crippen LogP contribution >= 0.6 is 0 Å². The lowest BCUT2D eigenvalue weighted by Crippen LogP contribution is -2.28. The van der Waals surface area contributed by atoms with Crippen molar-refractivity contribution in [3.05, 3.63) is 33.9 Å². The van der Waals surface area contributed by atoms with Gasteiger partial charge in [-0.15, -0.1) is 0 Å². The van der Waals surface area contributed by atoms with Gasteiger partial charge in [0.15, 0.2) is 0 Å². The number of hydrogen-bond donors (Lipinski definition) is 1. The van der Waals surface area contributed by atoms with Crippen LogP contribution in [0.5, 0.6) is 0 Å². The second-order valence-corrected chi connectivity index (χ2v) is 4.54. The van der Waals surface area contributed by atoms with Gasteiger partial charge in [-0.25, -0.2) is 0 Å². The monoisotopic (exact) mass is 263 g/mol. The van der Waals surface area contributed by atoms with E-state index in [0.717, 1.165) is 5.56 Å². The minimum absolute atomic E-state index is 0.0530. The number of carbonyl (C=O) groups excluding carboxylic acids is 2. The molecule has 1 saturated heterocycles. The van der Waals surface area contributed by atoms with Crippen molar-refractivity contribution in [2.24, 2.45) is 11.7 Å². The van der Waals surface area contributed by atoms with E-state index in [4.69, 9.17) is 5.73 Å². The Morgan fingerprint density at radius 1 is 1.53 bits per heavy atom. The molecule has 2 rings (SSSR count). The summed E-state index contributed by atoms with van der Waals surface area (Å²) in [5.74, 6) is -1.31. The van der Waals surface area contributed by atoms with Crippen LogP contribution in [0.15, 0.2) is 18.2 Å². The Balaban J connectivity index is 2.36. The molecule has 0 aliphatic carbocycles. The van der Waals surface area contributed by atoms with E-state index < -0.39 is 16.7 Å². The number of primary amides is 1. The summed E-state index contributed by atoms with van der Waals surface area (Å²) in [4.78, 5) is 34.6. The minimum atomic E-state index is -0.536. The lowest BCUT2D eigenvalue weighted by Gasteiger charge is -2.18. The van der Waals surface area contributed by atoms with Gasteiger partial charge in [-0.3, -0.25) is 19.7 Å². The van der Waals surface area contributed by atoms with Gasteiger partial charge in [0, 0.05) is 25.1 Å². The number of rotatable bonds is 3. The van der Waals surface area contributed by atoms with Crippen LogP contribution in [0, 0.1) is 23.0 Å². The first-order valence-electron chi connectivity index (χ1n) is 5.75. The highest BCUT2D eigenvalue weighted by molar-refractivity contribution is 6.00. The van der Waals surface area contributed by atoms with Gasteiger partial charge in [-0.05, 0) is 12.5 Å². The molecule has 2 N–H and O–H groups in total. The molecule has 1 aliphatic heterocycles. The highest BCUT2D eigenvalue weighted by Crippen LogP contribution is 2.30. The molecule has 1 fully saturated rings. The zero-order valence-corrected chi connectivity index (χ0v) is 10.3. The number of aryl methyl sites for hydroxylation is 1. The van der Waals surface area contributed by atoms with Crippen LogP contribution in [0.1, 0.15) is 12.0 Å². The molecule has 1 aromatic rings. The molecule has 7 nitrogen and oxygen atoms in total. The van der Waals surface area contributed by atoms with Gasteiger partial charge in [-0.2, -0.15) is 0 Å². The zero-order chi connectivity index (χ0) is 14.2. The lowest BCUT2D eigenvalue weighted by molar-refractivity contribution is -0.384. The van der Waals surface area contributed by atoms with Crippen LogP contribution in [-0.4, -0.2) is 23.3 Å². The third-order valence-electron chi connectivity index (χ3n) is 3.22. The summed E-state index contributed by atoms with van der Waals surface area (Å²) in [6.07, 6.45) is 0.0530. The Hall–Kier alpha value is -2.44. The second kappa shape index (κ2) is 4.68. The average molecular weight is 263 g/mol. The van der Waals surface area contributed by atoms with E-state index in [1.54, 1.807) is 13.0 Å². The topological polar surface area (TPSA) is 107 Å². The second-order valence-electron chi connectivity index (χ2n) is 4.54. The predicted octanol–water partition coefficient (Wildman–Crippen LogP) is 0.741. The Bertz CT molecular complexity index is 570. The molecule has 19 heavy (non-hydrogen) atoms. The highest BCUT2D eigenvalue weighted by atomic mass is 16.6. The van der Waals surface area contributed by atoms with E-state index in [2.05, 4.69) is 0 Å². The fourth-order valence-electron chi connectivity index (χ4n) is 2.13. The van der Waals surface area contributed by atoms with Crippen molar-refractivity contribution < 1.29 is 14.5 Å². The van der Waals surface area contributed by atoms with Gasteiger partial charge in [0.2, 0.25) is 11.8 Å². The van der Waals surface area contributed by atoms with E-state index in [9.17, 15) is 19.7 Å². The van der Waals surface area contributed by atoms with Crippen molar-refractivity contribution in [3.8, 4) is 0 Å². The molecule has 0 spiro atoms. The summed E-state index contributed by atoms with van der Waals surface area (Å²) in [6, 6.07) is 4.31. The van der Waals surface area contributed by atoms with Gasteiger partial charge in [0.1, 0.15) is 0 Å². The molecule has 0 saturated carbocycles. The summed E-state index contributed by atoms with van der Waals surface area (Å²) < 4.78 is 0. The molecule has 1 heterocycles. The number of non-ortho nitro benzene ring substituents is 1. The molecule has 2 amide bonds. The van der Waals surface area contributed by atoms with Gasteiger partial charge >= 0.3 is 0 Å². The molecule has 1 aromatic carbocycles. The SMILES string of the molecule is Cc1ccc([N+](=O)[O-])cc1N1C[C@H](C(N)=O)CC1=O. The number of nitrogens with zero attached hydrogens (tertiary/aromatic N) is 2. The number of nitro benzene ring substituents is 1. The molecule has 7 heteroatoms. The van der Waals surface area contributed by atoms with Crippen molar-refractivity contribution in [2.75, 3.05) is 11.4 Å². The fourth-order valence-corrected chi connectivity index (χ4v) is 2.13. The molecule has 0 aromatic heterocycles. The molecule has 0 radical (unpaired) electrons. The van der Waals surface area contributed by atoms with Gasteiger partial charge in [0.05, 0.1) is 16.5 Å². The van der Waals surface area contributed by atoms with Crippen LogP contribution in [0.4, 0.5) is 11.4 Å². The predicted molar refractivity (Wildman–Crippen MR) is 67.5 cm³/mol. The summed E-state index contributed by atoms with van der Waals surface area (Å²) in [5.41, 5.74) is 6.30. The van der Waals surface area contributed by atoms with Crippen molar-refractivity contribution >= 4 is 23.2 Å². The maximum absolute atomic E-state index is 11.9. The first kappa shape index (κ1) is 13.0.